The van der Waals surface area contributed by atoms with Crippen LogP contribution in [0.3, 0.4) is 0 Å². The second-order valence-corrected chi connectivity index (χ2v) is 10.3. The Hall–Kier alpha value is -1.66. The van der Waals surface area contributed by atoms with Crippen molar-refractivity contribution in [3.05, 3.63) is 51.2 Å². The Morgan fingerprint density at radius 2 is 2.03 bits per heavy atom. The van der Waals surface area contributed by atoms with E-state index in [0.717, 1.165) is 18.5 Å². The SMILES string of the molecule is CCNC(=NCc1ccc(S(C)(=O)=O)c(C)c1)NCC(=O)N1CCc2sccc2C1.I. The van der Waals surface area contributed by atoms with Crippen LogP contribution in [-0.4, -0.2) is 51.1 Å². The fraction of sp³-hybridized carbons (Fsp3) is 0.429. The number of carbonyl (C=O) groups is 1. The van der Waals surface area contributed by atoms with Crippen LogP contribution in [0.25, 0.3) is 0 Å². The lowest BCUT2D eigenvalue weighted by molar-refractivity contribution is -0.130. The molecule has 170 valence electrons. The molecule has 3 rings (SSSR count). The van der Waals surface area contributed by atoms with E-state index < -0.39 is 9.84 Å². The van der Waals surface area contributed by atoms with Crippen molar-refractivity contribution in [2.75, 3.05) is 25.9 Å². The number of hydrogen-bond donors (Lipinski definition) is 2. The summed E-state index contributed by atoms with van der Waals surface area (Å²) in [6.45, 7) is 6.39. The minimum atomic E-state index is -3.24. The van der Waals surface area contributed by atoms with Gasteiger partial charge in [0.05, 0.1) is 18.0 Å². The van der Waals surface area contributed by atoms with Gasteiger partial charge in [-0.3, -0.25) is 4.79 Å². The van der Waals surface area contributed by atoms with E-state index >= 15 is 0 Å². The number of nitrogens with zero attached hydrogens (tertiary/aromatic N) is 2. The summed E-state index contributed by atoms with van der Waals surface area (Å²) in [5.74, 6) is 0.606. The van der Waals surface area contributed by atoms with Crippen LogP contribution in [-0.2, 0) is 34.1 Å². The minimum absolute atomic E-state index is 0. The molecule has 1 aliphatic heterocycles. The van der Waals surface area contributed by atoms with E-state index in [1.54, 1.807) is 30.4 Å². The lowest BCUT2D eigenvalue weighted by Gasteiger charge is -2.27. The van der Waals surface area contributed by atoms with Gasteiger partial charge in [0.15, 0.2) is 15.8 Å². The number of hydrogen-bond acceptors (Lipinski definition) is 5. The second-order valence-electron chi connectivity index (χ2n) is 7.36. The standard InChI is InChI=1S/C21H28N4O3S2.HI/c1-4-22-21(23-12-16-5-6-19(15(2)11-16)30(3,27)28)24-13-20(26)25-9-7-18-17(14-25)8-10-29-18;/h5-6,8,10-11H,4,7,9,12-14H2,1-3H3,(H2,22,23,24);1H. The third-order valence-electron chi connectivity index (χ3n) is 4.97. The topological polar surface area (TPSA) is 90.9 Å². The number of fused-ring (bicyclic) bond motifs is 1. The van der Waals surface area contributed by atoms with Crippen molar-refractivity contribution in [1.29, 1.82) is 0 Å². The number of halogens is 1. The van der Waals surface area contributed by atoms with Crippen molar-refractivity contribution in [2.45, 2.75) is 38.3 Å². The molecule has 2 N–H and O–H groups in total. The number of aryl methyl sites for hydroxylation is 1. The summed E-state index contributed by atoms with van der Waals surface area (Å²) in [6, 6.07) is 7.32. The molecule has 10 heteroatoms. The Balaban J connectivity index is 0.00000341. The predicted octanol–water partition coefficient (Wildman–Crippen LogP) is 2.72. The number of guanidine groups is 1. The van der Waals surface area contributed by atoms with Crippen molar-refractivity contribution in [3.8, 4) is 0 Å². The molecule has 0 bridgehead atoms. The number of aliphatic imine (C=N–C) groups is 1. The predicted molar refractivity (Wildman–Crippen MR) is 136 cm³/mol. The Kier molecular flexibility index (Phi) is 9.31. The Morgan fingerprint density at radius 1 is 1.26 bits per heavy atom. The van der Waals surface area contributed by atoms with Crippen LogP contribution in [0.15, 0.2) is 39.5 Å². The number of thiophene rings is 1. The van der Waals surface area contributed by atoms with Crippen LogP contribution >= 0.6 is 35.3 Å². The van der Waals surface area contributed by atoms with Gasteiger partial charge in [-0.25, -0.2) is 13.4 Å². The van der Waals surface area contributed by atoms with Gasteiger partial charge in [0, 0.05) is 30.8 Å². The molecule has 1 aromatic carbocycles. The van der Waals surface area contributed by atoms with Crippen molar-refractivity contribution in [2.24, 2.45) is 4.99 Å². The van der Waals surface area contributed by atoms with Gasteiger partial charge in [-0.2, -0.15) is 0 Å². The van der Waals surface area contributed by atoms with Crippen molar-refractivity contribution in [1.82, 2.24) is 15.5 Å². The molecule has 1 amide bonds. The third-order valence-corrected chi connectivity index (χ3v) is 7.25. The number of carbonyl (C=O) groups excluding carboxylic acids is 1. The highest BCUT2D eigenvalue weighted by molar-refractivity contribution is 14.0. The molecule has 1 aliphatic rings. The first-order valence-electron chi connectivity index (χ1n) is 9.92. The summed E-state index contributed by atoms with van der Waals surface area (Å²) in [7, 11) is -3.24. The summed E-state index contributed by atoms with van der Waals surface area (Å²) in [5.41, 5.74) is 2.86. The fourth-order valence-corrected chi connectivity index (χ4v) is 5.32. The molecule has 0 radical (unpaired) electrons. The van der Waals surface area contributed by atoms with Gasteiger partial charge in [-0.15, -0.1) is 35.3 Å². The highest BCUT2D eigenvalue weighted by atomic mass is 127. The van der Waals surface area contributed by atoms with E-state index in [4.69, 9.17) is 0 Å². The largest absolute Gasteiger partial charge is 0.357 e. The van der Waals surface area contributed by atoms with Crippen molar-refractivity contribution < 1.29 is 13.2 Å². The van der Waals surface area contributed by atoms with E-state index in [1.165, 1.54) is 16.7 Å². The molecule has 0 fully saturated rings. The summed E-state index contributed by atoms with van der Waals surface area (Å²) in [4.78, 5) is 20.7. The maximum absolute atomic E-state index is 12.6. The molecular weight excluding hydrogens is 547 g/mol. The number of benzene rings is 1. The quantitative estimate of drug-likeness (QED) is 0.314. The molecule has 0 saturated heterocycles. The Bertz CT molecular complexity index is 1050. The van der Waals surface area contributed by atoms with Gasteiger partial charge < -0.3 is 15.5 Å². The van der Waals surface area contributed by atoms with Crippen LogP contribution in [0.2, 0.25) is 0 Å². The first-order chi connectivity index (χ1) is 14.3. The lowest BCUT2D eigenvalue weighted by atomic mass is 10.1. The molecule has 2 aromatic rings. The molecule has 1 aromatic heterocycles. The van der Waals surface area contributed by atoms with Crippen LogP contribution in [0, 0.1) is 6.92 Å². The summed E-state index contributed by atoms with van der Waals surface area (Å²) < 4.78 is 23.5. The number of sulfone groups is 1. The highest BCUT2D eigenvalue weighted by Gasteiger charge is 2.21. The summed E-state index contributed by atoms with van der Waals surface area (Å²) >= 11 is 1.76. The summed E-state index contributed by atoms with van der Waals surface area (Å²) in [6.07, 6.45) is 2.12. The first kappa shape index (κ1) is 25.6. The lowest BCUT2D eigenvalue weighted by Crippen LogP contribution is -2.45. The maximum Gasteiger partial charge on any atom is 0.242 e. The number of amides is 1. The number of nitrogens with one attached hydrogen (secondary N) is 2. The van der Waals surface area contributed by atoms with Gasteiger partial charge in [0.2, 0.25) is 5.91 Å². The van der Waals surface area contributed by atoms with Gasteiger partial charge in [-0.1, -0.05) is 12.1 Å². The molecule has 0 unspecified atom stereocenters. The normalized spacial score (nSPS) is 13.9. The zero-order valence-electron chi connectivity index (χ0n) is 18.0. The zero-order valence-corrected chi connectivity index (χ0v) is 21.9. The van der Waals surface area contributed by atoms with E-state index in [2.05, 4.69) is 27.1 Å². The van der Waals surface area contributed by atoms with Gasteiger partial charge in [0.25, 0.3) is 0 Å². The van der Waals surface area contributed by atoms with E-state index in [9.17, 15) is 13.2 Å². The minimum Gasteiger partial charge on any atom is -0.357 e. The smallest absolute Gasteiger partial charge is 0.242 e. The number of rotatable bonds is 6. The fourth-order valence-electron chi connectivity index (χ4n) is 3.47. The average molecular weight is 577 g/mol. The van der Waals surface area contributed by atoms with Crippen LogP contribution < -0.4 is 10.6 Å². The van der Waals surface area contributed by atoms with Gasteiger partial charge in [0.1, 0.15) is 0 Å². The van der Waals surface area contributed by atoms with Crippen LogP contribution in [0.4, 0.5) is 0 Å². The second kappa shape index (κ2) is 11.3. The highest BCUT2D eigenvalue weighted by Crippen LogP contribution is 2.23. The average Bonchev–Trinajstić information content (AvgIpc) is 3.16. The molecule has 0 saturated carbocycles. The van der Waals surface area contributed by atoms with E-state index in [1.807, 2.05) is 17.9 Å². The molecular formula is C21H29IN4O3S2. The van der Waals surface area contributed by atoms with Gasteiger partial charge in [-0.05, 0) is 54.5 Å². The molecule has 2 heterocycles. The zero-order chi connectivity index (χ0) is 21.7. The van der Waals surface area contributed by atoms with Gasteiger partial charge >= 0.3 is 0 Å². The molecule has 0 spiro atoms. The molecule has 7 nitrogen and oxygen atoms in total. The van der Waals surface area contributed by atoms with Crippen LogP contribution in [0.1, 0.15) is 28.5 Å². The summed E-state index contributed by atoms with van der Waals surface area (Å²) in [5, 5.41) is 8.34. The monoisotopic (exact) mass is 576 g/mol. The van der Waals surface area contributed by atoms with Crippen molar-refractivity contribution in [3.63, 3.8) is 0 Å². The maximum atomic E-state index is 12.6. The Labute approximate surface area is 205 Å². The van der Waals surface area contributed by atoms with E-state index in [-0.39, 0.29) is 36.4 Å². The molecule has 0 atom stereocenters. The van der Waals surface area contributed by atoms with Crippen LogP contribution in [0.5, 0.6) is 0 Å². The molecule has 31 heavy (non-hydrogen) atoms. The van der Waals surface area contributed by atoms with E-state index in [0.29, 0.717) is 36.1 Å². The molecule has 0 aliphatic carbocycles. The Morgan fingerprint density at radius 3 is 2.71 bits per heavy atom. The third kappa shape index (κ3) is 6.91. The van der Waals surface area contributed by atoms with Crippen molar-refractivity contribution >= 4 is 57.0 Å². The first-order valence-corrected chi connectivity index (χ1v) is 12.7.